The number of hydrogen-bond acceptors (Lipinski definition) is 4. The molecule has 0 aliphatic heterocycles. The van der Waals surface area contributed by atoms with E-state index in [9.17, 15) is 4.79 Å². The number of benzene rings is 1. The van der Waals surface area contributed by atoms with Gasteiger partial charge in [0.25, 0.3) is 0 Å². The fraction of sp³-hybridized carbons (Fsp3) is 0.500. The Morgan fingerprint density at radius 2 is 1.89 bits per heavy atom. The van der Waals surface area contributed by atoms with E-state index in [-0.39, 0.29) is 0 Å². The van der Waals surface area contributed by atoms with Gasteiger partial charge in [0.15, 0.2) is 0 Å². The van der Waals surface area contributed by atoms with Gasteiger partial charge in [0.05, 0.1) is 5.69 Å². The van der Waals surface area contributed by atoms with Gasteiger partial charge in [-0.05, 0) is 37.1 Å². The van der Waals surface area contributed by atoms with E-state index in [1.807, 2.05) is 32.0 Å². The fourth-order valence-electron chi connectivity index (χ4n) is 2.02. The Balaban J connectivity index is 3.21. The summed E-state index contributed by atoms with van der Waals surface area (Å²) in [5.74, 6) is 0. The van der Waals surface area contributed by atoms with Crippen molar-refractivity contribution in [2.24, 2.45) is 4.99 Å². The Morgan fingerprint density at radius 1 is 1.21 bits per heavy atom. The molecule has 0 aromatic heterocycles. The number of rotatable bonds is 8. The van der Waals surface area contributed by atoms with Crippen LogP contribution in [-0.4, -0.2) is 28.6 Å². The van der Waals surface area contributed by atoms with E-state index in [1.54, 1.807) is 6.08 Å². The van der Waals surface area contributed by atoms with Gasteiger partial charge in [-0.25, -0.2) is 4.79 Å². The molecule has 0 unspecified atom stereocenters. The van der Waals surface area contributed by atoms with Gasteiger partial charge in [0.1, 0.15) is 0 Å². The molecule has 0 amide bonds. The summed E-state index contributed by atoms with van der Waals surface area (Å²) in [6.45, 7) is 7.29. The highest BCUT2D eigenvalue weighted by molar-refractivity contribution is 6.62. The van der Waals surface area contributed by atoms with Crippen molar-refractivity contribution < 1.29 is 13.6 Å². The van der Waals surface area contributed by atoms with Crippen molar-refractivity contribution in [2.75, 3.05) is 13.2 Å². The molecule has 1 aromatic carbocycles. The molecule has 0 heterocycles. The van der Waals surface area contributed by atoms with Crippen molar-refractivity contribution in [2.45, 2.75) is 33.6 Å². The normalized spacial score (nSPS) is 10.5. The predicted octanol–water partition coefficient (Wildman–Crippen LogP) is 2.11. The molecule has 0 N–H and O–H groups in total. The summed E-state index contributed by atoms with van der Waals surface area (Å²) in [7, 11) is -1.91. The highest BCUT2D eigenvalue weighted by Gasteiger charge is 2.20. The third kappa shape index (κ3) is 4.40. The van der Waals surface area contributed by atoms with Crippen molar-refractivity contribution >= 4 is 26.2 Å². The first-order valence-corrected chi connectivity index (χ1v) is 8.23. The summed E-state index contributed by atoms with van der Waals surface area (Å²) in [6, 6.07) is 5.75. The lowest BCUT2D eigenvalue weighted by Gasteiger charge is -2.19. The molecule has 0 saturated heterocycles. The largest absolute Gasteiger partial charge is 0.394 e. The van der Waals surface area contributed by atoms with Crippen LogP contribution in [0, 0.1) is 0 Å². The van der Waals surface area contributed by atoms with E-state index in [0.29, 0.717) is 18.9 Å². The minimum atomic E-state index is -1.91. The molecule has 4 nitrogen and oxygen atoms in total. The molecule has 104 valence electrons. The highest BCUT2D eigenvalue weighted by Crippen LogP contribution is 2.19. The van der Waals surface area contributed by atoms with Gasteiger partial charge < -0.3 is 8.85 Å². The monoisotopic (exact) mass is 279 g/mol. The van der Waals surface area contributed by atoms with Crippen LogP contribution in [0.15, 0.2) is 23.2 Å². The van der Waals surface area contributed by atoms with Crippen LogP contribution in [0.25, 0.3) is 0 Å². The van der Waals surface area contributed by atoms with Gasteiger partial charge in [-0.1, -0.05) is 25.5 Å². The number of hydrogen-bond donors (Lipinski definition) is 0. The highest BCUT2D eigenvalue weighted by atomic mass is 28.3. The molecule has 5 heteroatoms. The van der Waals surface area contributed by atoms with E-state index in [1.165, 1.54) is 0 Å². The minimum absolute atomic E-state index is 0.629. The van der Waals surface area contributed by atoms with Gasteiger partial charge in [0.2, 0.25) is 6.08 Å². The SMILES string of the molecule is CCCc1c(N=C=O)cccc1[SiH](OCC)OCC. The van der Waals surface area contributed by atoms with Crippen molar-refractivity contribution in [1.82, 2.24) is 0 Å². The minimum Gasteiger partial charge on any atom is -0.394 e. The summed E-state index contributed by atoms with van der Waals surface area (Å²) >= 11 is 0. The number of isocyanates is 1. The first-order chi connectivity index (χ1) is 9.28. The maximum Gasteiger partial charge on any atom is 0.356 e. The lowest BCUT2D eigenvalue weighted by molar-refractivity contribution is 0.225. The van der Waals surface area contributed by atoms with E-state index in [4.69, 9.17) is 8.85 Å². The van der Waals surface area contributed by atoms with E-state index >= 15 is 0 Å². The smallest absolute Gasteiger partial charge is 0.356 e. The fourth-order valence-corrected chi connectivity index (χ4v) is 3.93. The third-order valence-corrected chi connectivity index (χ3v) is 5.06. The van der Waals surface area contributed by atoms with Crippen LogP contribution < -0.4 is 5.19 Å². The summed E-state index contributed by atoms with van der Waals surface area (Å²) in [5, 5.41) is 1.09. The zero-order valence-electron chi connectivity index (χ0n) is 11.8. The summed E-state index contributed by atoms with van der Waals surface area (Å²) in [6.07, 6.45) is 3.47. The lowest BCUT2D eigenvalue weighted by atomic mass is 10.1. The molecule has 0 fully saturated rings. The van der Waals surface area contributed by atoms with E-state index in [0.717, 1.165) is 23.6 Å². The Morgan fingerprint density at radius 3 is 2.42 bits per heavy atom. The Kier molecular flexibility index (Phi) is 7.29. The van der Waals surface area contributed by atoms with Gasteiger partial charge in [-0.2, -0.15) is 4.99 Å². The molecule has 0 aliphatic carbocycles. The molecule has 0 saturated carbocycles. The first-order valence-electron chi connectivity index (χ1n) is 6.71. The number of aliphatic imine (C=N–C) groups is 1. The summed E-state index contributed by atoms with van der Waals surface area (Å²) < 4.78 is 11.5. The molecule has 1 aromatic rings. The maximum absolute atomic E-state index is 10.5. The quantitative estimate of drug-likeness (QED) is 0.416. The Labute approximate surface area is 116 Å². The van der Waals surface area contributed by atoms with Gasteiger partial charge >= 0.3 is 9.28 Å². The second-order valence-electron chi connectivity index (χ2n) is 4.04. The topological polar surface area (TPSA) is 47.9 Å². The first kappa shape index (κ1) is 15.8. The molecule has 1 rings (SSSR count). The standard InChI is InChI=1S/C14H21NO3Si/c1-4-8-12-13(15-11-16)9-7-10-14(12)19(17-5-2)18-6-3/h7,9-10,19H,4-6,8H2,1-3H3. The van der Waals surface area contributed by atoms with Crippen LogP contribution in [-0.2, 0) is 20.1 Å². The van der Waals surface area contributed by atoms with Crippen LogP contribution in [0.4, 0.5) is 5.69 Å². The average molecular weight is 279 g/mol. The van der Waals surface area contributed by atoms with Crippen LogP contribution >= 0.6 is 0 Å². The van der Waals surface area contributed by atoms with Crippen LogP contribution in [0.2, 0.25) is 0 Å². The van der Waals surface area contributed by atoms with Crippen molar-refractivity contribution in [1.29, 1.82) is 0 Å². The average Bonchev–Trinajstić information content (AvgIpc) is 2.41. The van der Waals surface area contributed by atoms with Crippen molar-refractivity contribution in [3.05, 3.63) is 23.8 Å². The molecule has 0 atom stereocenters. The summed E-state index contributed by atoms with van der Waals surface area (Å²) in [4.78, 5) is 14.3. The lowest BCUT2D eigenvalue weighted by Crippen LogP contribution is -2.39. The van der Waals surface area contributed by atoms with Crippen LogP contribution in [0.3, 0.4) is 0 Å². The molecular formula is C14H21NO3Si. The van der Waals surface area contributed by atoms with Crippen LogP contribution in [0.5, 0.6) is 0 Å². The van der Waals surface area contributed by atoms with Gasteiger partial charge in [-0.3, -0.25) is 0 Å². The second-order valence-corrected chi connectivity index (χ2v) is 5.99. The van der Waals surface area contributed by atoms with Gasteiger partial charge in [-0.15, -0.1) is 0 Å². The van der Waals surface area contributed by atoms with Gasteiger partial charge in [0, 0.05) is 13.2 Å². The molecule has 0 bridgehead atoms. The van der Waals surface area contributed by atoms with Crippen LogP contribution in [0.1, 0.15) is 32.8 Å². The van der Waals surface area contributed by atoms with E-state index < -0.39 is 9.28 Å². The number of carbonyl (C=O) groups excluding carboxylic acids is 1. The molecule has 0 spiro atoms. The Bertz CT molecular complexity index is 438. The van der Waals surface area contributed by atoms with Crippen molar-refractivity contribution in [3.63, 3.8) is 0 Å². The Hall–Kier alpha value is -1.26. The molecule has 0 radical (unpaired) electrons. The molecular weight excluding hydrogens is 258 g/mol. The molecule has 19 heavy (non-hydrogen) atoms. The maximum atomic E-state index is 10.5. The molecule has 0 aliphatic rings. The predicted molar refractivity (Wildman–Crippen MR) is 78.3 cm³/mol. The zero-order valence-corrected chi connectivity index (χ0v) is 13.0. The second kappa shape index (κ2) is 8.77. The van der Waals surface area contributed by atoms with E-state index in [2.05, 4.69) is 11.9 Å². The third-order valence-electron chi connectivity index (χ3n) is 2.74. The zero-order chi connectivity index (χ0) is 14.1. The summed E-state index contributed by atoms with van der Waals surface area (Å²) in [5.41, 5.74) is 1.75. The number of nitrogens with zero attached hydrogens (tertiary/aromatic N) is 1. The van der Waals surface area contributed by atoms with Crippen molar-refractivity contribution in [3.8, 4) is 0 Å².